The van der Waals surface area contributed by atoms with Gasteiger partial charge in [0.15, 0.2) is 0 Å². The zero-order valence-corrected chi connectivity index (χ0v) is 10.00. The van der Waals surface area contributed by atoms with Gasteiger partial charge in [-0.25, -0.2) is 4.98 Å². The van der Waals surface area contributed by atoms with Crippen molar-refractivity contribution in [2.24, 2.45) is 7.05 Å². The number of ether oxygens (including phenoxy) is 1. The lowest BCUT2D eigenvalue weighted by atomic mass is 10.1. The number of methoxy groups -OCH3 is 1. The summed E-state index contributed by atoms with van der Waals surface area (Å²) in [6.45, 7) is 0. The van der Waals surface area contributed by atoms with Crippen molar-refractivity contribution in [3.8, 4) is 5.75 Å². The summed E-state index contributed by atoms with van der Waals surface area (Å²) in [6.07, 6.45) is 3.53. The van der Waals surface area contributed by atoms with E-state index in [1.165, 1.54) is 0 Å². The molecule has 0 aliphatic heterocycles. The second kappa shape index (κ2) is 5.01. The molecular formula is C13H16N2O2. The SMILES string of the molecule is COc1cccc(C(O)Cc2nccn2C)c1. The van der Waals surface area contributed by atoms with Crippen LogP contribution in [0.3, 0.4) is 0 Å². The number of aliphatic hydroxyl groups excluding tert-OH is 1. The Labute approximate surface area is 100 Å². The Morgan fingerprint density at radius 1 is 1.47 bits per heavy atom. The number of aliphatic hydroxyl groups is 1. The van der Waals surface area contributed by atoms with Crippen LogP contribution in [0.1, 0.15) is 17.5 Å². The monoisotopic (exact) mass is 232 g/mol. The second-order valence-electron chi connectivity index (χ2n) is 3.95. The Kier molecular flexibility index (Phi) is 3.44. The van der Waals surface area contributed by atoms with E-state index in [0.29, 0.717) is 6.42 Å². The van der Waals surface area contributed by atoms with Gasteiger partial charge >= 0.3 is 0 Å². The predicted octanol–water partition coefficient (Wildman–Crippen LogP) is 1.70. The molecule has 0 bridgehead atoms. The van der Waals surface area contributed by atoms with E-state index in [-0.39, 0.29) is 0 Å². The van der Waals surface area contributed by atoms with Crippen LogP contribution in [-0.4, -0.2) is 21.8 Å². The zero-order valence-electron chi connectivity index (χ0n) is 10.00. The molecule has 4 nitrogen and oxygen atoms in total. The molecule has 4 heteroatoms. The Morgan fingerprint density at radius 2 is 2.29 bits per heavy atom. The number of hydrogen-bond donors (Lipinski definition) is 1. The van der Waals surface area contributed by atoms with Gasteiger partial charge in [0.05, 0.1) is 13.2 Å². The number of rotatable bonds is 4. The van der Waals surface area contributed by atoms with E-state index >= 15 is 0 Å². The molecule has 0 spiro atoms. The molecule has 90 valence electrons. The fourth-order valence-electron chi connectivity index (χ4n) is 1.73. The van der Waals surface area contributed by atoms with Gasteiger partial charge in [0.1, 0.15) is 11.6 Å². The molecule has 2 aromatic rings. The summed E-state index contributed by atoms with van der Waals surface area (Å²) in [5.41, 5.74) is 0.840. The van der Waals surface area contributed by atoms with Gasteiger partial charge in [-0.15, -0.1) is 0 Å². The van der Waals surface area contributed by atoms with Crippen LogP contribution in [0.5, 0.6) is 5.75 Å². The van der Waals surface area contributed by atoms with Gasteiger partial charge in [-0.2, -0.15) is 0 Å². The highest BCUT2D eigenvalue weighted by molar-refractivity contribution is 5.30. The first kappa shape index (κ1) is 11.7. The zero-order chi connectivity index (χ0) is 12.3. The fourth-order valence-corrected chi connectivity index (χ4v) is 1.73. The molecule has 0 aliphatic rings. The maximum Gasteiger partial charge on any atom is 0.119 e. The minimum atomic E-state index is -0.564. The lowest BCUT2D eigenvalue weighted by Gasteiger charge is -2.11. The lowest BCUT2D eigenvalue weighted by molar-refractivity contribution is 0.174. The average Bonchev–Trinajstić information content (AvgIpc) is 2.75. The molecule has 0 saturated carbocycles. The largest absolute Gasteiger partial charge is 0.497 e. The van der Waals surface area contributed by atoms with E-state index in [0.717, 1.165) is 17.1 Å². The quantitative estimate of drug-likeness (QED) is 0.872. The fraction of sp³-hybridized carbons (Fsp3) is 0.308. The maximum atomic E-state index is 10.1. The van der Waals surface area contributed by atoms with Crippen LogP contribution in [0.25, 0.3) is 0 Å². The van der Waals surface area contributed by atoms with Crippen molar-refractivity contribution < 1.29 is 9.84 Å². The molecule has 1 N–H and O–H groups in total. The minimum Gasteiger partial charge on any atom is -0.497 e. The van der Waals surface area contributed by atoms with Crippen molar-refractivity contribution in [3.05, 3.63) is 48.0 Å². The smallest absolute Gasteiger partial charge is 0.119 e. The van der Waals surface area contributed by atoms with Crippen LogP contribution < -0.4 is 4.74 Å². The van der Waals surface area contributed by atoms with Crippen LogP contribution in [0.4, 0.5) is 0 Å². The van der Waals surface area contributed by atoms with E-state index in [9.17, 15) is 5.11 Å². The van der Waals surface area contributed by atoms with E-state index in [1.54, 1.807) is 13.3 Å². The molecule has 1 unspecified atom stereocenters. The van der Waals surface area contributed by atoms with Crippen LogP contribution in [0, 0.1) is 0 Å². The number of nitrogens with zero attached hydrogens (tertiary/aromatic N) is 2. The van der Waals surface area contributed by atoms with Gasteiger partial charge in [0, 0.05) is 25.9 Å². The van der Waals surface area contributed by atoms with Crippen molar-refractivity contribution in [2.75, 3.05) is 7.11 Å². The van der Waals surface area contributed by atoms with Gasteiger partial charge in [0.25, 0.3) is 0 Å². The molecule has 0 radical (unpaired) electrons. The van der Waals surface area contributed by atoms with Crippen molar-refractivity contribution in [2.45, 2.75) is 12.5 Å². The number of aryl methyl sites for hydroxylation is 1. The van der Waals surface area contributed by atoms with Gasteiger partial charge in [-0.05, 0) is 17.7 Å². The van der Waals surface area contributed by atoms with Crippen molar-refractivity contribution in [1.82, 2.24) is 9.55 Å². The Bertz CT molecular complexity index is 494. The highest BCUT2D eigenvalue weighted by Crippen LogP contribution is 2.21. The first-order valence-electron chi connectivity index (χ1n) is 5.49. The lowest BCUT2D eigenvalue weighted by Crippen LogP contribution is -2.06. The van der Waals surface area contributed by atoms with E-state index in [4.69, 9.17) is 4.74 Å². The highest BCUT2D eigenvalue weighted by Gasteiger charge is 2.11. The predicted molar refractivity (Wildman–Crippen MR) is 64.9 cm³/mol. The topological polar surface area (TPSA) is 47.3 Å². The van der Waals surface area contributed by atoms with E-state index in [1.807, 2.05) is 42.1 Å². The number of benzene rings is 1. The first-order valence-corrected chi connectivity index (χ1v) is 5.49. The first-order chi connectivity index (χ1) is 8.20. The standard InChI is InChI=1S/C13H16N2O2/c1-15-7-6-14-13(15)9-12(16)10-4-3-5-11(8-10)17-2/h3-8,12,16H,9H2,1-2H3. The minimum absolute atomic E-state index is 0.497. The molecule has 0 amide bonds. The molecule has 0 aliphatic carbocycles. The normalized spacial score (nSPS) is 12.4. The molecule has 1 aromatic heterocycles. The Balaban J connectivity index is 2.14. The van der Waals surface area contributed by atoms with Crippen LogP contribution in [0.15, 0.2) is 36.7 Å². The summed E-state index contributed by atoms with van der Waals surface area (Å²) in [7, 11) is 3.53. The van der Waals surface area contributed by atoms with Gasteiger partial charge in [0.2, 0.25) is 0 Å². The maximum absolute atomic E-state index is 10.1. The molecule has 1 atom stereocenters. The van der Waals surface area contributed by atoms with Crippen LogP contribution in [0.2, 0.25) is 0 Å². The third kappa shape index (κ3) is 2.65. The van der Waals surface area contributed by atoms with Gasteiger partial charge < -0.3 is 14.4 Å². The third-order valence-corrected chi connectivity index (χ3v) is 2.78. The molecule has 0 saturated heterocycles. The summed E-state index contributed by atoms with van der Waals surface area (Å²) < 4.78 is 7.04. The summed E-state index contributed by atoms with van der Waals surface area (Å²) in [5, 5.41) is 10.1. The van der Waals surface area contributed by atoms with E-state index in [2.05, 4.69) is 4.98 Å². The number of hydrogen-bond acceptors (Lipinski definition) is 3. The van der Waals surface area contributed by atoms with Crippen molar-refractivity contribution in [3.63, 3.8) is 0 Å². The average molecular weight is 232 g/mol. The van der Waals surface area contributed by atoms with E-state index < -0.39 is 6.10 Å². The molecule has 1 aromatic carbocycles. The molecule has 2 rings (SSSR count). The third-order valence-electron chi connectivity index (χ3n) is 2.78. The molecule has 0 fully saturated rings. The highest BCUT2D eigenvalue weighted by atomic mass is 16.5. The van der Waals surface area contributed by atoms with Gasteiger partial charge in [-0.3, -0.25) is 0 Å². The molecule has 17 heavy (non-hydrogen) atoms. The number of imidazole rings is 1. The summed E-state index contributed by atoms with van der Waals surface area (Å²) in [4.78, 5) is 4.20. The number of aromatic nitrogens is 2. The Morgan fingerprint density at radius 3 is 2.94 bits per heavy atom. The van der Waals surface area contributed by atoms with Crippen LogP contribution >= 0.6 is 0 Å². The molecular weight excluding hydrogens is 216 g/mol. The summed E-state index contributed by atoms with van der Waals surface area (Å²) >= 11 is 0. The summed E-state index contributed by atoms with van der Waals surface area (Å²) in [6, 6.07) is 7.45. The van der Waals surface area contributed by atoms with Crippen LogP contribution in [-0.2, 0) is 13.5 Å². The van der Waals surface area contributed by atoms with Crippen molar-refractivity contribution >= 4 is 0 Å². The van der Waals surface area contributed by atoms with Gasteiger partial charge in [-0.1, -0.05) is 12.1 Å². The molecule has 1 heterocycles. The second-order valence-corrected chi connectivity index (χ2v) is 3.95. The van der Waals surface area contributed by atoms with Crippen molar-refractivity contribution in [1.29, 1.82) is 0 Å². The Hall–Kier alpha value is -1.81. The summed E-state index contributed by atoms with van der Waals surface area (Å²) in [5.74, 6) is 1.61.